The lowest BCUT2D eigenvalue weighted by molar-refractivity contribution is 0.962. The van der Waals surface area contributed by atoms with Crippen molar-refractivity contribution in [3.8, 4) is 0 Å². The smallest absolute Gasteiger partial charge is 0.247 e. The van der Waals surface area contributed by atoms with Crippen molar-refractivity contribution in [2.45, 2.75) is 6.92 Å². The molecule has 0 spiro atoms. The number of anilines is 3. The van der Waals surface area contributed by atoms with Crippen LogP contribution in [0.4, 0.5) is 17.3 Å². The Hall–Kier alpha value is -2.56. The van der Waals surface area contributed by atoms with Crippen molar-refractivity contribution in [1.82, 2.24) is 14.6 Å². The third-order valence-corrected chi connectivity index (χ3v) is 2.66. The van der Waals surface area contributed by atoms with E-state index in [1.54, 1.807) is 4.52 Å². The molecule has 0 bridgehead atoms. The molecule has 0 fully saturated rings. The lowest BCUT2D eigenvalue weighted by Gasteiger charge is -2.00. The van der Waals surface area contributed by atoms with Crippen LogP contribution in [0.3, 0.4) is 0 Å². The van der Waals surface area contributed by atoms with Gasteiger partial charge in [-0.05, 0) is 48.9 Å². The summed E-state index contributed by atoms with van der Waals surface area (Å²) in [5.41, 5.74) is 9.27. The number of nitrogens with two attached hydrogens (primary N) is 1. The van der Waals surface area contributed by atoms with E-state index in [-0.39, 0.29) is 0 Å². The monoisotopic (exact) mass is 239 g/mol. The molecule has 90 valence electrons. The van der Waals surface area contributed by atoms with Gasteiger partial charge in [-0.1, -0.05) is 0 Å². The molecular weight excluding hydrogens is 226 g/mol. The zero-order valence-electron chi connectivity index (χ0n) is 9.96. The Balaban J connectivity index is 1.92. The van der Waals surface area contributed by atoms with Crippen LogP contribution in [0.25, 0.3) is 5.65 Å². The molecule has 0 atom stereocenters. The maximum Gasteiger partial charge on any atom is 0.247 e. The van der Waals surface area contributed by atoms with E-state index in [0.717, 1.165) is 22.6 Å². The number of aromatic nitrogens is 3. The highest BCUT2D eigenvalue weighted by molar-refractivity contribution is 5.58. The van der Waals surface area contributed by atoms with E-state index in [2.05, 4.69) is 15.4 Å². The Morgan fingerprint density at radius 3 is 2.72 bits per heavy atom. The van der Waals surface area contributed by atoms with Crippen molar-refractivity contribution >= 4 is 23.0 Å². The highest BCUT2D eigenvalue weighted by Crippen LogP contribution is 2.16. The highest BCUT2D eigenvalue weighted by atomic mass is 15.3. The highest BCUT2D eigenvalue weighted by Gasteiger charge is 2.03. The minimum absolute atomic E-state index is 0.574. The maximum absolute atomic E-state index is 5.63. The second-order valence-electron chi connectivity index (χ2n) is 4.19. The van der Waals surface area contributed by atoms with Crippen LogP contribution in [0.1, 0.15) is 5.56 Å². The van der Waals surface area contributed by atoms with Crippen molar-refractivity contribution < 1.29 is 0 Å². The van der Waals surface area contributed by atoms with E-state index in [4.69, 9.17) is 5.73 Å². The predicted octanol–water partition coefficient (Wildman–Crippen LogP) is 2.36. The van der Waals surface area contributed by atoms with Gasteiger partial charge < -0.3 is 11.1 Å². The van der Waals surface area contributed by atoms with Gasteiger partial charge in [0.15, 0.2) is 5.65 Å². The van der Waals surface area contributed by atoms with Gasteiger partial charge in [0, 0.05) is 17.6 Å². The number of nitrogens with zero attached hydrogens (tertiary/aromatic N) is 3. The number of aryl methyl sites for hydroxylation is 1. The van der Waals surface area contributed by atoms with E-state index in [1.807, 2.05) is 49.5 Å². The van der Waals surface area contributed by atoms with Crippen LogP contribution in [0.5, 0.6) is 0 Å². The minimum atomic E-state index is 0.574. The lowest BCUT2D eigenvalue weighted by atomic mass is 10.3. The molecule has 0 saturated heterocycles. The quantitative estimate of drug-likeness (QED) is 0.674. The fourth-order valence-corrected chi connectivity index (χ4v) is 1.73. The van der Waals surface area contributed by atoms with Gasteiger partial charge in [-0.3, -0.25) is 0 Å². The number of benzene rings is 1. The zero-order chi connectivity index (χ0) is 12.5. The van der Waals surface area contributed by atoms with Crippen LogP contribution >= 0.6 is 0 Å². The summed E-state index contributed by atoms with van der Waals surface area (Å²) in [6.45, 7) is 2.03. The van der Waals surface area contributed by atoms with Crippen molar-refractivity contribution in [2.24, 2.45) is 0 Å². The molecule has 0 amide bonds. The summed E-state index contributed by atoms with van der Waals surface area (Å²) < 4.78 is 1.74. The molecule has 3 rings (SSSR count). The first-order valence-corrected chi connectivity index (χ1v) is 5.66. The number of nitrogen functional groups attached to an aromatic ring is 1. The number of hydrogen-bond acceptors (Lipinski definition) is 4. The van der Waals surface area contributed by atoms with E-state index in [1.165, 1.54) is 0 Å². The Morgan fingerprint density at radius 1 is 1.17 bits per heavy atom. The van der Waals surface area contributed by atoms with Gasteiger partial charge in [0.05, 0.1) is 0 Å². The number of hydrogen-bond donors (Lipinski definition) is 2. The molecule has 2 aromatic heterocycles. The van der Waals surface area contributed by atoms with Crippen LogP contribution in [-0.2, 0) is 0 Å². The zero-order valence-corrected chi connectivity index (χ0v) is 9.96. The second-order valence-corrected chi connectivity index (χ2v) is 4.19. The van der Waals surface area contributed by atoms with Crippen LogP contribution in [-0.4, -0.2) is 14.6 Å². The average Bonchev–Trinajstić information content (AvgIpc) is 2.73. The average molecular weight is 239 g/mol. The first-order valence-electron chi connectivity index (χ1n) is 5.66. The van der Waals surface area contributed by atoms with Crippen molar-refractivity contribution in [2.75, 3.05) is 11.1 Å². The molecule has 18 heavy (non-hydrogen) atoms. The van der Waals surface area contributed by atoms with Crippen LogP contribution in [0.2, 0.25) is 0 Å². The fraction of sp³-hybridized carbons (Fsp3) is 0.0769. The molecule has 2 heterocycles. The SMILES string of the molecule is Cc1ccn2nc(Nc3ccc(N)cc3)nc2c1. The Labute approximate surface area is 104 Å². The third-order valence-electron chi connectivity index (χ3n) is 2.66. The first kappa shape index (κ1) is 10.6. The second kappa shape index (κ2) is 4.03. The van der Waals surface area contributed by atoms with Gasteiger partial charge in [0.1, 0.15) is 0 Å². The number of rotatable bonds is 2. The summed E-state index contributed by atoms with van der Waals surface area (Å²) in [7, 11) is 0. The Bertz CT molecular complexity index is 684. The topological polar surface area (TPSA) is 68.2 Å². The van der Waals surface area contributed by atoms with Gasteiger partial charge in [0.25, 0.3) is 0 Å². The van der Waals surface area contributed by atoms with Gasteiger partial charge >= 0.3 is 0 Å². The number of fused-ring (bicyclic) bond motifs is 1. The molecule has 0 aliphatic carbocycles. The molecule has 5 nitrogen and oxygen atoms in total. The fourth-order valence-electron chi connectivity index (χ4n) is 1.73. The summed E-state index contributed by atoms with van der Waals surface area (Å²) in [5, 5.41) is 7.48. The molecule has 0 saturated carbocycles. The van der Waals surface area contributed by atoms with Crippen LogP contribution < -0.4 is 11.1 Å². The van der Waals surface area contributed by atoms with E-state index < -0.39 is 0 Å². The largest absolute Gasteiger partial charge is 0.399 e. The van der Waals surface area contributed by atoms with E-state index in [9.17, 15) is 0 Å². The summed E-state index contributed by atoms with van der Waals surface area (Å²) in [5.74, 6) is 0.574. The van der Waals surface area contributed by atoms with Crippen LogP contribution in [0, 0.1) is 6.92 Å². The first-order chi connectivity index (χ1) is 8.70. The van der Waals surface area contributed by atoms with Gasteiger partial charge in [-0.15, -0.1) is 5.10 Å². The maximum atomic E-state index is 5.63. The van der Waals surface area contributed by atoms with Crippen LogP contribution in [0.15, 0.2) is 42.6 Å². The molecule has 0 unspecified atom stereocenters. The van der Waals surface area contributed by atoms with Gasteiger partial charge in [-0.2, -0.15) is 4.98 Å². The Morgan fingerprint density at radius 2 is 1.94 bits per heavy atom. The summed E-state index contributed by atoms with van der Waals surface area (Å²) in [6.07, 6.45) is 1.89. The van der Waals surface area contributed by atoms with Crippen molar-refractivity contribution in [3.05, 3.63) is 48.2 Å². The predicted molar refractivity (Wildman–Crippen MR) is 71.9 cm³/mol. The molecule has 3 aromatic rings. The molecule has 0 radical (unpaired) electrons. The number of nitrogens with one attached hydrogen (secondary N) is 1. The lowest BCUT2D eigenvalue weighted by Crippen LogP contribution is -1.93. The summed E-state index contributed by atoms with van der Waals surface area (Å²) >= 11 is 0. The van der Waals surface area contributed by atoms with Crippen molar-refractivity contribution in [3.63, 3.8) is 0 Å². The molecule has 3 N–H and O–H groups in total. The van der Waals surface area contributed by atoms with Gasteiger partial charge in [-0.25, -0.2) is 4.52 Å². The minimum Gasteiger partial charge on any atom is -0.399 e. The van der Waals surface area contributed by atoms with E-state index >= 15 is 0 Å². The summed E-state index contributed by atoms with van der Waals surface area (Å²) in [4.78, 5) is 4.40. The Kier molecular flexibility index (Phi) is 2.37. The molecule has 5 heteroatoms. The number of pyridine rings is 1. The standard InChI is InChI=1S/C13H13N5/c1-9-6-7-18-12(8-9)16-13(17-18)15-11-4-2-10(14)3-5-11/h2-8H,14H2,1H3,(H,15,17). The molecular formula is C13H13N5. The van der Waals surface area contributed by atoms with Gasteiger partial charge in [0.2, 0.25) is 5.95 Å². The van der Waals surface area contributed by atoms with E-state index in [0.29, 0.717) is 5.95 Å². The molecule has 0 aliphatic heterocycles. The van der Waals surface area contributed by atoms with Crippen molar-refractivity contribution in [1.29, 1.82) is 0 Å². The molecule has 1 aromatic carbocycles. The normalized spacial score (nSPS) is 10.7. The third kappa shape index (κ3) is 1.98. The molecule has 0 aliphatic rings. The summed E-state index contributed by atoms with van der Waals surface area (Å²) in [6, 6.07) is 11.4.